The minimum Gasteiger partial charge on any atom is -0.298 e. The molecule has 1 nitrogen and oxygen atoms in total. The molecule has 0 radical (unpaired) electrons. The highest BCUT2D eigenvalue weighted by atomic mass is 35.5. The summed E-state index contributed by atoms with van der Waals surface area (Å²) in [5.74, 6) is 6.29. The molecule has 0 aromatic heterocycles. The number of rotatable bonds is 5. The fourth-order valence-electron chi connectivity index (χ4n) is 1.74. The Hall–Kier alpha value is -1.49. The van der Waals surface area contributed by atoms with Crippen LogP contribution in [-0.2, 0) is 6.54 Å². The molecule has 0 aliphatic heterocycles. The van der Waals surface area contributed by atoms with Crippen molar-refractivity contribution in [3.8, 4) is 11.8 Å². The third kappa shape index (κ3) is 9.13. The van der Waals surface area contributed by atoms with Crippen LogP contribution in [0.5, 0.6) is 0 Å². The van der Waals surface area contributed by atoms with Crippen molar-refractivity contribution in [2.75, 3.05) is 13.6 Å². The molecule has 0 saturated heterocycles. The second-order valence-corrected chi connectivity index (χ2v) is 6.07. The summed E-state index contributed by atoms with van der Waals surface area (Å²) in [6.07, 6.45) is 5.93. The van der Waals surface area contributed by atoms with Crippen LogP contribution in [0.3, 0.4) is 0 Å². The van der Waals surface area contributed by atoms with Crippen LogP contribution in [0.4, 0.5) is 0 Å². The Labute approximate surface area is 136 Å². The van der Waals surface area contributed by atoms with Crippen LogP contribution in [0.25, 0.3) is 6.08 Å². The number of nitrogens with zero attached hydrogens (tertiary/aromatic N) is 1. The normalized spacial score (nSPS) is 10.9. The summed E-state index contributed by atoms with van der Waals surface area (Å²) in [6.45, 7) is 12.0. The lowest BCUT2D eigenvalue weighted by molar-refractivity contribution is 0.363. The SMILES string of the molecule is C=Cc1cccc(CN(C)CC=CC#CC(C)(C)C)c1.Cl. The van der Waals surface area contributed by atoms with E-state index < -0.39 is 0 Å². The standard InChI is InChI=1S/C19H25N.ClH/c1-6-17-11-10-12-18(15-17)16-20(5)14-9-7-8-13-19(2,3)4;/h6-7,9-12,15H,1,14,16H2,2-5H3;1H. The van der Waals surface area contributed by atoms with E-state index in [9.17, 15) is 0 Å². The topological polar surface area (TPSA) is 3.24 Å². The predicted molar refractivity (Wildman–Crippen MR) is 96.5 cm³/mol. The molecule has 0 amide bonds. The predicted octanol–water partition coefficient (Wildman–Crippen LogP) is 4.79. The molecule has 0 atom stereocenters. The molecule has 0 aliphatic rings. The Balaban J connectivity index is 0.00000400. The highest BCUT2D eigenvalue weighted by molar-refractivity contribution is 5.85. The number of hydrogen-bond donors (Lipinski definition) is 0. The number of benzene rings is 1. The molecule has 0 N–H and O–H groups in total. The fourth-order valence-corrected chi connectivity index (χ4v) is 1.74. The maximum absolute atomic E-state index is 3.80. The molecular weight excluding hydrogens is 278 g/mol. The van der Waals surface area contributed by atoms with Gasteiger partial charge in [0.15, 0.2) is 0 Å². The summed E-state index contributed by atoms with van der Waals surface area (Å²) in [6, 6.07) is 8.46. The minimum absolute atomic E-state index is 0. The van der Waals surface area contributed by atoms with Crippen molar-refractivity contribution >= 4 is 18.5 Å². The maximum atomic E-state index is 3.80. The van der Waals surface area contributed by atoms with Crippen LogP contribution in [0, 0.1) is 17.3 Å². The Morgan fingerprint density at radius 2 is 2.00 bits per heavy atom. The lowest BCUT2D eigenvalue weighted by Gasteiger charge is -2.14. The zero-order valence-corrected chi connectivity index (χ0v) is 14.3. The summed E-state index contributed by atoms with van der Waals surface area (Å²) in [5.41, 5.74) is 2.54. The van der Waals surface area contributed by atoms with Gasteiger partial charge in [0.25, 0.3) is 0 Å². The molecule has 1 aromatic rings. The molecule has 0 aliphatic carbocycles. The van der Waals surface area contributed by atoms with E-state index in [1.807, 2.05) is 12.2 Å². The summed E-state index contributed by atoms with van der Waals surface area (Å²) in [7, 11) is 2.11. The third-order valence-electron chi connectivity index (χ3n) is 2.70. The molecule has 0 fully saturated rings. The van der Waals surface area contributed by atoms with Gasteiger partial charge in [-0.25, -0.2) is 0 Å². The first-order valence-electron chi connectivity index (χ1n) is 6.98. The van der Waals surface area contributed by atoms with E-state index >= 15 is 0 Å². The van der Waals surface area contributed by atoms with E-state index in [1.54, 1.807) is 0 Å². The van der Waals surface area contributed by atoms with Gasteiger partial charge in [0, 0.05) is 18.5 Å². The van der Waals surface area contributed by atoms with Gasteiger partial charge in [0.2, 0.25) is 0 Å². The monoisotopic (exact) mass is 303 g/mol. The number of hydrogen-bond acceptors (Lipinski definition) is 1. The molecule has 0 heterocycles. The van der Waals surface area contributed by atoms with Gasteiger partial charge >= 0.3 is 0 Å². The average Bonchev–Trinajstić information content (AvgIpc) is 2.37. The first kappa shape index (κ1) is 19.5. The lowest BCUT2D eigenvalue weighted by atomic mass is 9.98. The Bertz CT molecular complexity index is 526. The smallest absolute Gasteiger partial charge is 0.0234 e. The first-order chi connectivity index (χ1) is 9.40. The van der Waals surface area contributed by atoms with Gasteiger partial charge in [0.05, 0.1) is 0 Å². The van der Waals surface area contributed by atoms with Crippen molar-refractivity contribution in [1.29, 1.82) is 0 Å². The minimum atomic E-state index is 0. The van der Waals surface area contributed by atoms with E-state index in [4.69, 9.17) is 0 Å². The quantitative estimate of drug-likeness (QED) is 0.707. The first-order valence-corrected chi connectivity index (χ1v) is 6.98. The molecule has 0 saturated carbocycles. The van der Waals surface area contributed by atoms with Gasteiger partial charge in [-0.3, -0.25) is 4.90 Å². The van der Waals surface area contributed by atoms with Crippen molar-refractivity contribution in [3.63, 3.8) is 0 Å². The second kappa shape index (κ2) is 9.45. The van der Waals surface area contributed by atoms with E-state index in [-0.39, 0.29) is 17.8 Å². The summed E-state index contributed by atoms with van der Waals surface area (Å²) >= 11 is 0. The van der Waals surface area contributed by atoms with Gasteiger partial charge in [-0.05, 0) is 45.0 Å². The molecule has 1 aromatic carbocycles. The Morgan fingerprint density at radius 3 is 2.62 bits per heavy atom. The van der Waals surface area contributed by atoms with Crippen molar-refractivity contribution < 1.29 is 0 Å². The molecule has 0 unspecified atom stereocenters. The van der Waals surface area contributed by atoms with Crippen molar-refractivity contribution in [3.05, 3.63) is 54.1 Å². The van der Waals surface area contributed by atoms with Crippen LogP contribution < -0.4 is 0 Å². The second-order valence-electron chi connectivity index (χ2n) is 6.07. The molecule has 2 heteroatoms. The molecule has 0 bridgehead atoms. The largest absolute Gasteiger partial charge is 0.298 e. The van der Waals surface area contributed by atoms with Gasteiger partial charge in [-0.15, -0.1) is 12.4 Å². The summed E-state index contributed by atoms with van der Waals surface area (Å²) in [5, 5.41) is 0. The van der Waals surface area contributed by atoms with E-state index in [1.165, 1.54) is 11.1 Å². The van der Waals surface area contributed by atoms with Crippen molar-refractivity contribution in [1.82, 2.24) is 4.90 Å². The number of halogens is 1. The van der Waals surface area contributed by atoms with Crippen LogP contribution >= 0.6 is 12.4 Å². The molecule has 1 rings (SSSR count). The lowest BCUT2D eigenvalue weighted by Crippen LogP contribution is -2.17. The number of allylic oxidation sites excluding steroid dienone is 1. The van der Waals surface area contributed by atoms with Crippen LogP contribution in [-0.4, -0.2) is 18.5 Å². The van der Waals surface area contributed by atoms with Gasteiger partial charge in [0.1, 0.15) is 0 Å². The number of likely N-dealkylation sites (N-methyl/N-ethyl adjacent to an activating group) is 1. The van der Waals surface area contributed by atoms with E-state index in [0.29, 0.717) is 0 Å². The van der Waals surface area contributed by atoms with E-state index in [0.717, 1.165) is 13.1 Å². The van der Waals surface area contributed by atoms with Crippen molar-refractivity contribution in [2.24, 2.45) is 5.41 Å². The highest BCUT2D eigenvalue weighted by Crippen LogP contribution is 2.10. The Kier molecular flexibility index (Phi) is 8.78. The maximum Gasteiger partial charge on any atom is 0.0234 e. The van der Waals surface area contributed by atoms with Crippen molar-refractivity contribution in [2.45, 2.75) is 27.3 Å². The highest BCUT2D eigenvalue weighted by Gasteiger charge is 2.02. The zero-order valence-electron chi connectivity index (χ0n) is 13.5. The Morgan fingerprint density at radius 1 is 1.29 bits per heavy atom. The van der Waals surface area contributed by atoms with Crippen LogP contribution in [0.15, 0.2) is 43.0 Å². The molecular formula is C19H26ClN. The fraction of sp³-hybridized carbons (Fsp3) is 0.368. The summed E-state index contributed by atoms with van der Waals surface area (Å²) in [4.78, 5) is 2.26. The van der Waals surface area contributed by atoms with Gasteiger partial charge < -0.3 is 0 Å². The van der Waals surface area contributed by atoms with Gasteiger partial charge in [-0.2, -0.15) is 0 Å². The van der Waals surface area contributed by atoms with E-state index in [2.05, 4.69) is 81.5 Å². The summed E-state index contributed by atoms with van der Waals surface area (Å²) < 4.78 is 0. The molecule has 21 heavy (non-hydrogen) atoms. The van der Waals surface area contributed by atoms with Crippen LogP contribution in [0.1, 0.15) is 31.9 Å². The molecule has 0 spiro atoms. The average molecular weight is 304 g/mol. The molecule has 114 valence electrons. The zero-order chi connectivity index (χ0) is 15.0. The van der Waals surface area contributed by atoms with Gasteiger partial charge in [-0.1, -0.05) is 54.8 Å². The van der Waals surface area contributed by atoms with Crippen LogP contribution in [0.2, 0.25) is 0 Å². The third-order valence-corrected chi connectivity index (χ3v) is 2.70.